The first kappa shape index (κ1) is 85.8. The maximum atomic E-state index is 14.2. The standard InChI is InChI=1S/C12H17N7O2S.C11H17FN6O2S.C11H18N6.C10H16N6O2S.C10H16N6.C10H15N5/c1-7(2)19-6-8(5-13)9-10(15-12(14)16-11(9)19)18(3)17-22(4,20)21;1-6(2)18-5-7(12)8-9(14-11(13)15-10(8)18)17(3)16-21(4,19)20;1-4-17(13)10-8-5-6-16(7(2)3)9(8)14-11(12)15-10;1-6(2)16-5-4-7-8(14-15-19(3,17)18)12-10(11)13-9(7)16;1-6(2)16-5-4-7-8(15(3)12)13-10(11)14-9(7)16;1-7(2)15-5-4-8-9(14(3)11)12-6-13-10(8)15/h6-7,17H,1-4H3,(H2,14,15,16);5-6,16H,1-4H3,(H2,13,14,15);5-7H,4,13H2,1-3H3,(H2,12,14,15);4-6,15H,1-3H3,(H3,11,12,13,14);4-6H,12H2,1-3H3,(H2,11,13,14);4-7H,11H2,1-3H3. The van der Waals surface area contributed by atoms with E-state index in [1.165, 1.54) is 35.3 Å². The van der Waals surface area contributed by atoms with Crippen molar-refractivity contribution >= 4 is 161 Å². The van der Waals surface area contributed by atoms with E-state index in [0.29, 0.717) is 75.4 Å². The third-order valence-electron chi connectivity index (χ3n) is 15.8. The summed E-state index contributed by atoms with van der Waals surface area (Å²) < 4.78 is 93.3. The molecule has 0 saturated carbocycles. The van der Waals surface area contributed by atoms with Gasteiger partial charge in [-0.1, -0.05) is 0 Å². The van der Waals surface area contributed by atoms with Gasteiger partial charge < -0.3 is 56.1 Å². The van der Waals surface area contributed by atoms with Crippen molar-refractivity contribution in [3.05, 3.63) is 79.2 Å². The van der Waals surface area contributed by atoms with Crippen LogP contribution in [0.1, 0.15) is 132 Å². The van der Waals surface area contributed by atoms with Crippen LogP contribution in [-0.4, -0.2) is 166 Å². The molecule has 20 N–H and O–H groups in total. The lowest BCUT2D eigenvalue weighted by atomic mass is 10.2. The zero-order chi connectivity index (χ0) is 82.3. The Hall–Kier alpha value is -11.5. The summed E-state index contributed by atoms with van der Waals surface area (Å²) in [6, 6.07) is 11.1. The number of halogens is 1. The Morgan fingerprint density at radius 3 is 1.19 bits per heavy atom. The van der Waals surface area contributed by atoms with Crippen molar-refractivity contribution in [3.8, 4) is 6.07 Å². The predicted octanol–water partition coefficient (Wildman–Crippen LogP) is 4.99. The van der Waals surface area contributed by atoms with Gasteiger partial charge in [0, 0.05) is 108 Å². The molecule has 0 radical (unpaired) electrons. The van der Waals surface area contributed by atoms with Gasteiger partial charge in [-0.3, -0.25) is 30.5 Å². The summed E-state index contributed by atoms with van der Waals surface area (Å²) in [6.45, 7) is 26.9. The van der Waals surface area contributed by atoms with E-state index in [2.05, 4.69) is 136 Å². The highest BCUT2D eigenvalue weighted by Crippen LogP contribution is 2.34. The molecular formula is C64H99FN36O6S3. The number of nitriles is 1. The van der Waals surface area contributed by atoms with Crippen molar-refractivity contribution < 1.29 is 29.6 Å². The number of hydrogen-bond donors (Lipinski definition) is 12. The first-order valence-corrected chi connectivity index (χ1v) is 39.6. The Labute approximate surface area is 636 Å². The van der Waals surface area contributed by atoms with Gasteiger partial charge in [-0.25, -0.2) is 57.1 Å². The lowest BCUT2D eigenvalue weighted by Gasteiger charge is -2.19. The van der Waals surface area contributed by atoms with Crippen LogP contribution in [0.25, 0.3) is 66.2 Å². The van der Waals surface area contributed by atoms with Gasteiger partial charge in [0.05, 0.1) is 56.6 Å². The van der Waals surface area contributed by atoms with Gasteiger partial charge in [0.25, 0.3) is 0 Å². The molecule has 0 fully saturated rings. The van der Waals surface area contributed by atoms with Crippen molar-refractivity contribution in [2.24, 2.45) is 17.5 Å². The van der Waals surface area contributed by atoms with Gasteiger partial charge in [0.2, 0.25) is 59.8 Å². The molecule has 0 aliphatic carbocycles. The number of nitrogen functional groups attached to an aromatic ring is 5. The quantitative estimate of drug-likeness (QED) is 0.0374. The van der Waals surface area contributed by atoms with E-state index >= 15 is 0 Å². The van der Waals surface area contributed by atoms with Gasteiger partial charge in [-0.15, -0.1) is 14.5 Å². The van der Waals surface area contributed by atoms with Crippen LogP contribution < -0.4 is 91.2 Å². The first-order chi connectivity index (χ1) is 51.2. The molecule has 0 aliphatic rings. The number of nitrogens with zero attached hydrogens (tertiary/aromatic N) is 24. The van der Waals surface area contributed by atoms with Crippen molar-refractivity contribution in [2.75, 3.05) is 113 Å². The number of nitrogens with one attached hydrogen (secondary N) is 4. The average Bonchev–Trinajstić information content (AvgIpc) is 1.92. The molecule has 42 nitrogen and oxygen atoms in total. The van der Waals surface area contributed by atoms with Crippen molar-refractivity contribution in [1.29, 1.82) is 5.26 Å². The molecular weight excluding hydrogens is 1480 g/mol. The first-order valence-electron chi connectivity index (χ1n) is 34.0. The largest absolute Gasteiger partial charge is 0.368 e. The molecule has 12 rings (SSSR count). The number of anilines is 11. The van der Waals surface area contributed by atoms with E-state index in [-0.39, 0.29) is 64.9 Å². The molecule has 0 saturated heterocycles. The van der Waals surface area contributed by atoms with Crippen LogP contribution >= 0.6 is 0 Å². The second kappa shape index (κ2) is 34.8. The van der Waals surface area contributed by atoms with E-state index in [9.17, 15) is 34.9 Å². The second-order valence-corrected chi connectivity index (χ2v) is 32.1. The average molecular weight is 1580 g/mol. The number of hydrogen-bond acceptors (Lipinski definition) is 33. The van der Waals surface area contributed by atoms with E-state index in [0.717, 1.165) is 62.7 Å². The number of nitrogens with two attached hydrogens (primary N) is 8. The normalized spacial score (nSPS) is 11.8. The maximum Gasteiger partial charge on any atom is 0.225 e. The fraction of sp³-hybridized carbons (Fsp3) is 0.422. The van der Waals surface area contributed by atoms with Crippen LogP contribution in [0.4, 0.5) is 69.0 Å². The number of aromatic nitrogens is 18. The summed E-state index contributed by atoms with van der Waals surface area (Å²) >= 11 is 0. The minimum Gasteiger partial charge on any atom is -0.368 e. The van der Waals surface area contributed by atoms with Crippen LogP contribution in [0, 0.1) is 17.1 Å². The SMILES string of the molecule is CC(C)n1cc(C#N)c2c(N(C)NS(C)(=O)=O)nc(N)nc21.CC(C)n1cc(F)c2c(N(C)NS(C)(=O)=O)nc(N)nc21.CC(C)n1ccc2c(N(C)N)nc(N)nc21.CC(C)n1ccc2c(N(C)N)ncnc21.CC(C)n1ccc2c(NNS(C)(=O)=O)nc(N)nc21.CCN(N)c1nc(N)nc2c1ccn2C(C)C. The van der Waals surface area contributed by atoms with Crippen LogP contribution in [0.3, 0.4) is 0 Å². The molecule has 0 amide bonds. The lowest BCUT2D eigenvalue weighted by Crippen LogP contribution is -2.39. The van der Waals surface area contributed by atoms with E-state index in [1.54, 1.807) is 46.8 Å². The zero-order valence-electron chi connectivity index (χ0n) is 64.9. The topological polar surface area (TPSA) is 583 Å². The third kappa shape index (κ3) is 20.7. The number of hydrazine groups is 6. The summed E-state index contributed by atoms with van der Waals surface area (Å²) in [5.74, 6) is 19.9. The van der Waals surface area contributed by atoms with Gasteiger partial charge in [-0.2, -0.15) is 55.1 Å². The monoisotopic (exact) mass is 1580 g/mol. The molecule has 12 aromatic rings. The van der Waals surface area contributed by atoms with Gasteiger partial charge in [0.15, 0.2) is 46.4 Å². The molecule has 596 valence electrons. The van der Waals surface area contributed by atoms with E-state index in [4.69, 9.17) is 46.2 Å². The fourth-order valence-electron chi connectivity index (χ4n) is 11.1. The molecule has 0 atom stereocenters. The van der Waals surface area contributed by atoms with Gasteiger partial charge in [0.1, 0.15) is 40.6 Å². The molecule has 0 aromatic carbocycles. The van der Waals surface area contributed by atoms with Gasteiger partial charge in [-0.05, 0) is 114 Å². The summed E-state index contributed by atoms with van der Waals surface area (Å²) in [5.41, 5.74) is 35.3. The summed E-state index contributed by atoms with van der Waals surface area (Å²) in [4.78, 5) is 56.3. The Morgan fingerprint density at radius 2 is 0.791 bits per heavy atom. The summed E-state index contributed by atoms with van der Waals surface area (Å²) in [6.07, 6.45) is 15.4. The smallest absolute Gasteiger partial charge is 0.225 e. The van der Waals surface area contributed by atoms with Crippen LogP contribution in [0.5, 0.6) is 0 Å². The van der Waals surface area contributed by atoms with Crippen molar-refractivity contribution in [3.63, 3.8) is 0 Å². The molecule has 0 bridgehead atoms. The molecule has 110 heavy (non-hydrogen) atoms. The number of fused-ring (bicyclic) bond motifs is 6. The van der Waals surface area contributed by atoms with Gasteiger partial charge >= 0.3 is 0 Å². The van der Waals surface area contributed by atoms with Crippen LogP contribution in [0.2, 0.25) is 0 Å². The molecule has 0 unspecified atom stereocenters. The minimum absolute atomic E-state index is 0.00543. The van der Waals surface area contributed by atoms with Crippen LogP contribution in [-0.2, 0) is 30.1 Å². The van der Waals surface area contributed by atoms with E-state index < -0.39 is 35.9 Å². The van der Waals surface area contributed by atoms with Crippen LogP contribution in [0.15, 0.2) is 67.8 Å². The molecule has 12 heterocycles. The minimum atomic E-state index is -3.53. The second-order valence-electron chi connectivity index (χ2n) is 26.8. The highest BCUT2D eigenvalue weighted by atomic mass is 32.2. The number of rotatable bonds is 19. The third-order valence-corrected chi connectivity index (χ3v) is 17.5. The molecule has 0 aliphatic heterocycles. The Balaban J connectivity index is 0.000000184. The highest BCUT2D eigenvalue weighted by molar-refractivity contribution is 7.89. The van der Waals surface area contributed by atoms with Crippen molar-refractivity contribution in [2.45, 2.75) is 126 Å². The predicted molar refractivity (Wildman–Crippen MR) is 431 cm³/mol. The lowest BCUT2D eigenvalue weighted by molar-refractivity contribution is 0.584. The zero-order valence-corrected chi connectivity index (χ0v) is 67.4. The van der Waals surface area contributed by atoms with E-state index in [1.807, 2.05) is 101 Å². The Bertz CT molecular complexity index is 5640. The molecule has 0 spiro atoms. The maximum absolute atomic E-state index is 14.2. The molecule has 12 aromatic heterocycles. The summed E-state index contributed by atoms with van der Waals surface area (Å²) in [7, 11) is -4.01. The van der Waals surface area contributed by atoms with Crippen molar-refractivity contribution in [1.82, 2.24) is 102 Å². The Kier molecular flexibility index (Phi) is 27.2. The Morgan fingerprint density at radius 1 is 0.445 bits per heavy atom. The number of sulfonamides is 3. The molecule has 46 heteroatoms. The summed E-state index contributed by atoms with van der Waals surface area (Å²) in [5, 5.41) is 20.2. The fourth-order valence-corrected chi connectivity index (χ4v) is 12.5. The highest BCUT2D eigenvalue weighted by Gasteiger charge is 2.25.